The van der Waals surface area contributed by atoms with Crippen molar-refractivity contribution < 1.29 is 23.0 Å². The molecule has 0 aliphatic rings. The van der Waals surface area contributed by atoms with Gasteiger partial charge in [0.1, 0.15) is 17.4 Å². The fourth-order valence-corrected chi connectivity index (χ4v) is 2.52. The summed E-state index contributed by atoms with van der Waals surface area (Å²) in [7, 11) is 1.55. The number of hydrogen-bond acceptors (Lipinski definition) is 3. The molecular formula is C19H20F2O3. The number of ether oxygens (including phenoxy) is 2. The second-order valence-electron chi connectivity index (χ2n) is 5.77. The van der Waals surface area contributed by atoms with E-state index >= 15 is 0 Å². The van der Waals surface area contributed by atoms with Crippen molar-refractivity contribution in [2.45, 2.75) is 32.3 Å². The molecule has 0 bridgehead atoms. The molecule has 0 unspecified atom stereocenters. The average molecular weight is 334 g/mol. The van der Waals surface area contributed by atoms with Crippen molar-refractivity contribution >= 4 is 5.97 Å². The molecule has 0 saturated carbocycles. The van der Waals surface area contributed by atoms with Crippen molar-refractivity contribution in [1.82, 2.24) is 0 Å². The lowest BCUT2D eigenvalue weighted by atomic mass is 9.88. The van der Waals surface area contributed by atoms with Gasteiger partial charge in [-0.25, -0.2) is 8.78 Å². The molecule has 2 aromatic rings. The van der Waals surface area contributed by atoms with Gasteiger partial charge in [-0.05, 0) is 49.2 Å². The van der Waals surface area contributed by atoms with Crippen LogP contribution in [0.5, 0.6) is 5.75 Å². The Balaban J connectivity index is 2.37. The maximum Gasteiger partial charge on any atom is 0.306 e. The predicted molar refractivity (Wildman–Crippen MR) is 87.0 cm³/mol. The Labute approximate surface area is 140 Å². The minimum absolute atomic E-state index is 0.00655. The summed E-state index contributed by atoms with van der Waals surface area (Å²) in [5.74, 6) is -1.63. The summed E-state index contributed by atoms with van der Waals surface area (Å²) in [4.78, 5) is 12.1. The van der Waals surface area contributed by atoms with E-state index < -0.39 is 23.5 Å². The van der Waals surface area contributed by atoms with Crippen LogP contribution in [0.25, 0.3) is 0 Å². The minimum atomic E-state index is -0.680. The van der Waals surface area contributed by atoms with Crippen molar-refractivity contribution in [3.8, 4) is 5.75 Å². The number of methoxy groups -OCH3 is 1. The molecule has 0 N–H and O–H groups in total. The molecule has 0 saturated heterocycles. The standard InChI is InChI=1S/C19H20F2O3/c1-12(2)24-19(22)11-18(13-4-6-17(23-3)7-5-13)14-8-15(20)10-16(21)9-14/h4-10,12,18H,11H2,1-3H3/t18-/m1/s1. The molecule has 128 valence electrons. The number of carbonyl (C=O) groups excluding carboxylic acids is 1. The molecule has 0 heterocycles. The molecule has 0 fully saturated rings. The highest BCUT2D eigenvalue weighted by Gasteiger charge is 2.21. The van der Waals surface area contributed by atoms with Crippen LogP contribution in [0.1, 0.15) is 37.3 Å². The summed E-state index contributed by atoms with van der Waals surface area (Å²) in [6.07, 6.45) is -0.258. The van der Waals surface area contributed by atoms with Gasteiger partial charge in [0, 0.05) is 12.0 Å². The van der Waals surface area contributed by atoms with Crippen molar-refractivity contribution in [3.63, 3.8) is 0 Å². The summed E-state index contributed by atoms with van der Waals surface area (Å²) in [6.45, 7) is 3.50. The van der Waals surface area contributed by atoms with Crippen LogP contribution < -0.4 is 4.74 Å². The number of esters is 1. The molecule has 0 spiro atoms. The first-order valence-electron chi connectivity index (χ1n) is 7.68. The lowest BCUT2D eigenvalue weighted by Gasteiger charge is -2.19. The Kier molecular flexibility index (Phi) is 5.90. The quantitative estimate of drug-likeness (QED) is 0.732. The van der Waals surface area contributed by atoms with E-state index in [-0.39, 0.29) is 12.5 Å². The highest BCUT2D eigenvalue weighted by molar-refractivity contribution is 5.71. The van der Waals surface area contributed by atoms with Gasteiger partial charge in [-0.1, -0.05) is 12.1 Å². The summed E-state index contributed by atoms with van der Waals surface area (Å²) < 4.78 is 37.5. The normalized spacial score (nSPS) is 12.1. The van der Waals surface area contributed by atoms with Crippen LogP contribution >= 0.6 is 0 Å². The van der Waals surface area contributed by atoms with Crippen LogP contribution in [0, 0.1) is 11.6 Å². The van der Waals surface area contributed by atoms with Crippen LogP contribution in [0.2, 0.25) is 0 Å². The average Bonchev–Trinajstić information content (AvgIpc) is 2.51. The molecule has 0 radical (unpaired) electrons. The lowest BCUT2D eigenvalue weighted by Crippen LogP contribution is -2.16. The van der Waals surface area contributed by atoms with Gasteiger partial charge in [-0.2, -0.15) is 0 Å². The number of halogens is 2. The molecular weight excluding hydrogens is 314 g/mol. The van der Waals surface area contributed by atoms with E-state index in [4.69, 9.17) is 9.47 Å². The molecule has 2 rings (SSSR count). The molecule has 3 nitrogen and oxygen atoms in total. The number of rotatable bonds is 6. The maximum atomic E-state index is 13.6. The Hall–Kier alpha value is -2.43. The summed E-state index contributed by atoms with van der Waals surface area (Å²) in [5, 5.41) is 0. The van der Waals surface area contributed by atoms with Crippen molar-refractivity contribution in [2.75, 3.05) is 7.11 Å². The van der Waals surface area contributed by atoms with Crippen LogP contribution in [-0.4, -0.2) is 19.2 Å². The van der Waals surface area contributed by atoms with E-state index in [0.29, 0.717) is 11.3 Å². The highest BCUT2D eigenvalue weighted by atomic mass is 19.1. The van der Waals surface area contributed by atoms with Gasteiger partial charge in [0.25, 0.3) is 0 Å². The van der Waals surface area contributed by atoms with Crippen molar-refractivity contribution in [1.29, 1.82) is 0 Å². The first-order chi connectivity index (χ1) is 11.4. The lowest BCUT2D eigenvalue weighted by molar-refractivity contribution is -0.147. The predicted octanol–water partition coefficient (Wildman–Crippen LogP) is 4.45. The second kappa shape index (κ2) is 7.90. The summed E-state index contributed by atoms with van der Waals surface area (Å²) in [5.41, 5.74) is 1.14. The Bertz CT molecular complexity index is 676. The number of carbonyl (C=O) groups is 1. The minimum Gasteiger partial charge on any atom is -0.497 e. The van der Waals surface area contributed by atoms with Crippen LogP contribution in [0.4, 0.5) is 8.78 Å². The first kappa shape index (κ1) is 17.9. The molecule has 5 heteroatoms. The van der Waals surface area contributed by atoms with Crippen LogP contribution in [0.3, 0.4) is 0 Å². The van der Waals surface area contributed by atoms with E-state index in [1.54, 1.807) is 45.2 Å². The Morgan fingerprint density at radius 1 is 1.00 bits per heavy atom. The summed E-state index contributed by atoms with van der Waals surface area (Å²) in [6, 6.07) is 10.3. The molecule has 0 aromatic heterocycles. The number of benzene rings is 2. The maximum absolute atomic E-state index is 13.6. The zero-order valence-electron chi connectivity index (χ0n) is 13.9. The van der Waals surface area contributed by atoms with E-state index in [2.05, 4.69) is 0 Å². The zero-order chi connectivity index (χ0) is 17.7. The molecule has 0 aliphatic heterocycles. The molecule has 0 amide bonds. The fourth-order valence-electron chi connectivity index (χ4n) is 2.52. The van der Waals surface area contributed by atoms with Gasteiger partial charge in [-0.15, -0.1) is 0 Å². The summed E-state index contributed by atoms with van der Waals surface area (Å²) >= 11 is 0. The van der Waals surface area contributed by atoms with Crippen molar-refractivity contribution in [3.05, 3.63) is 65.2 Å². The van der Waals surface area contributed by atoms with Gasteiger partial charge in [0.15, 0.2) is 0 Å². The highest BCUT2D eigenvalue weighted by Crippen LogP contribution is 2.31. The third-order valence-corrected chi connectivity index (χ3v) is 3.54. The molecule has 1 atom stereocenters. The Morgan fingerprint density at radius 3 is 2.08 bits per heavy atom. The van der Waals surface area contributed by atoms with Gasteiger partial charge < -0.3 is 9.47 Å². The Morgan fingerprint density at radius 2 is 1.58 bits per heavy atom. The molecule has 24 heavy (non-hydrogen) atoms. The topological polar surface area (TPSA) is 35.5 Å². The second-order valence-corrected chi connectivity index (χ2v) is 5.77. The third kappa shape index (κ3) is 4.78. The van der Waals surface area contributed by atoms with E-state index in [1.807, 2.05) is 0 Å². The monoisotopic (exact) mass is 334 g/mol. The number of hydrogen-bond donors (Lipinski definition) is 0. The van der Waals surface area contributed by atoms with E-state index in [0.717, 1.165) is 11.6 Å². The van der Waals surface area contributed by atoms with Gasteiger partial charge in [-0.3, -0.25) is 4.79 Å². The fraction of sp³-hybridized carbons (Fsp3) is 0.316. The zero-order valence-corrected chi connectivity index (χ0v) is 13.9. The van der Waals surface area contributed by atoms with Gasteiger partial charge in [0.05, 0.1) is 19.6 Å². The van der Waals surface area contributed by atoms with Crippen LogP contribution in [-0.2, 0) is 9.53 Å². The van der Waals surface area contributed by atoms with Gasteiger partial charge >= 0.3 is 5.97 Å². The van der Waals surface area contributed by atoms with E-state index in [1.165, 1.54) is 12.1 Å². The van der Waals surface area contributed by atoms with Crippen LogP contribution in [0.15, 0.2) is 42.5 Å². The van der Waals surface area contributed by atoms with Gasteiger partial charge in [0.2, 0.25) is 0 Å². The smallest absolute Gasteiger partial charge is 0.306 e. The first-order valence-corrected chi connectivity index (χ1v) is 7.68. The third-order valence-electron chi connectivity index (χ3n) is 3.54. The largest absolute Gasteiger partial charge is 0.497 e. The SMILES string of the molecule is COc1ccc([C@@H](CC(=O)OC(C)C)c2cc(F)cc(F)c2)cc1. The van der Waals surface area contributed by atoms with E-state index in [9.17, 15) is 13.6 Å². The molecule has 0 aliphatic carbocycles. The molecule has 2 aromatic carbocycles. The van der Waals surface area contributed by atoms with Crippen molar-refractivity contribution in [2.24, 2.45) is 0 Å².